The number of carbonyl (C=O) groups excluding carboxylic acids is 1. The van der Waals surface area contributed by atoms with Gasteiger partial charge in [0.05, 0.1) is 11.4 Å². The zero-order valence-corrected chi connectivity index (χ0v) is 9.72. The van der Waals surface area contributed by atoms with Crippen molar-refractivity contribution in [2.24, 2.45) is 0 Å². The molecule has 1 aromatic rings. The van der Waals surface area contributed by atoms with Crippen LogP contribution in [0.25, 0.3) is 0 Å². The molecule has 1 heterocycles. The Balaban J connectivity index is 2.82. The van der Waals surface area contributed by atoms with E-state index in [4.69, 9.17) is 11.6 Å². The van der Waals surface area contributed by atoms with Gasteiger partial charge in [-0.3, -0.25) is 4.79 Å². The number of nitrogens with one attached hydrogen (secondary N) is 1. The average Bonchev–Trinajstić information content (AvgIpc) is 2.08. The highest BCUT2D eigenvalue weighted by atomic mass is 35.5. The number of allylic oxidation sites excluding steroid dienone is 1. The first-order valence-corrected chi connectivity index (χ1v) is 4.96. The van der Waals surface area contributed by atoms with E-state index in [1.165, 1.54) is 6.08 Å². The van der Waals surface area contributed by atoms with E-state index in [0.29, 0.717) is 16.5 Å². The highest BCUT2D eigenvalue weighted by molar-refractivity contribution is 6.29. The number of hydrogen-bond acceptors (Lipinski definition) is 2. The summed E-state index contributed by atoms with van der Waals surface area (Å²) in [4.78, 5) is 15.4. The standard InChI is InChI=1S/C11H13ClN2O/c1-7(2)6-11(15)14-9-4-5-10(12)13-8(9)3/h4-6H,1-3H3,(H,14,15). The molecular weight excluding hydrogens is 212 g/mol. The second kappa shape index (κ2) is 4.94. The SMILES string of the molecule is CC(C)=CC(=O)Nc1ccc(Cl)nc1C. The van der Waals surface area contributed by atoms with Crippen LogP contribution in [0.15, 0.2) is 23.8 Å². The average molecular weight is 225 g/mol. The Bertz CT molecular complexity index is 409. The van der Waals surface area contributed by atoms with Crippen molar-refractivity contribution >= 4 is 23.2 Å². The molecule has 1 aromatic heterocycles. The third kappa shape index (κ3) is 3.72. The van der Waals surface area contributed by atoms with Gasteiger partial charge in [-0.2, -0.15) is 0 Å². The summed E-state index contributed by atoms with van der Waals surface area (Å²) in [6.07, 6.45) is 1.54. The quantitative estimate of drug-likeness (QED) is 0.620. The van der Waals surface area contributed by atoms with Gasteiger partial charge in [-0.1, -0.05) is 17.2 Å². The van der Waals surface area contributed by atoms with E-state index in [9.17, 15) is 4.79 Å². The molecule has 0 bridgehead atoms. The number of hydrogen-bond donors (Lipinski definition) is 1. The van der Waals surface area contributed by atoms with Gasteiger partial charge >= 0.3 is 0 Å². The number of halogens is 1. The fraction of sp³-hybridized carbons (Fsp3) is 0.273. The highest BCUT2D eigenvalue weighted by Gasteiger charge is 2.03. The predicted octanol–water partition coefficient (Wildman–Crippen LogP) is 2.95. The Morgan fingerprint density at radius 2 is 2.13 bits per heavy atom. The molecule has 0 fully saturated rings. The summed E-state index contributed by atoms with van der Waals surface area (Å²) >= 11 is 5.70. The smallest absolute Gasteiger partial charge is 0.248 e. The monoisotopic (exact) mass is 224 g/mol. The summed E-state index contributed by atoms with van der Waals surface area (Å²) in [5.74, 6) is -0.151. The second-order valence-corrected chi connectivity index (χ2v) is 3.87. The fourth-order valence-corrected chi connectivity index (χ4v) is 1.28. The van der Waals surface area contributed by atoms with Gasteiger partial charge in [-0.15, -0.1) is 0 Å². The van der Waals surface area contributed by atoms with Crippen molar-refractivity contribution < 1.29 is 4.79 Å². The summed E-state index contributed by atoms with van der Waals surface area (Å²) < 4.78 is 0. The molecule has 0 atom stereocenters. The predicted molar refractivity (Wildman–Crippen MR) is 62.0 cm³/mol. The number of aryl methyl sites for hydroxylation is 1. The van der Waals surface area contributed by atoms with E-state index >= 15 is 0 Å². The van der Waals surface area contributed by atoms with Gasteiger partial charge in [0, 0.05) is 6.08 Å². The molecular formula is C11H13ClN2O. The molecule has 0 unspecified atom stereocenters. The maximum Gasteiger partial charge on any atom is 0.248 e. The van der Waals surface area contributed by atoms with Gasteiger partial charge < -0.3 is 5.32 Å². The van der Waals surface area contributed by atoms with Gasteiger partial charge in [0.2, 0.25) is 5.91 Å². The lowest BCUT2D eigenvalue weighted by Gasteiger charge is -2.05. The number of anilines is 1. The van der Waals surface area contributed by atoms with Crippen molar-refractivity contribution in [1.82, 2.24) is 4.98 Å². The molecule has 1 amide bonds. The Morgan fingerprint density at radius 3 is 2.67 bits per heavy atom. The number of nitrogens with zero attached hydrogens (tertiary/aromatic N) is 1. The van der Waals surface area contributed by atoms with Crippen LogP contribution in [0.5, 0.6) is 0 Å². The molecule has 0 radical (unpaired) electrons. The summed E-state index contributed by atoms with van der Waals surface area (Å²) in [6.45, 7) is 5.53. The molecule has 0 saturated heterocycles. The molecule has 0 aliphatic rings. The minimum atomic E-state index is -0.151. The zero-order valence-electron chi connectivity index (χ0n) is 8.97. The number of rotatable bonds is 2. The number of aromatic nitrogens is 1. The minimum absolute atomic E-state index is 0.151. The van der Waals surface area contributed by atoms with E-state index in [2.05, 4.69) is 10.3 Å². The third-order valence-electron chi connectivity index (χ3n) is 1.73. The van der Waals surface area contributed by atoms with Crippen molar-refractivity contribution in [3.05, 3.63) is 34.6 Å². The molecule has 0 aliphatic carbocycles. The van der Waals surface area contributed by atoms with Crippen LogP contribution in [0.3, 0.4) is 0 Å². The van der Waals surface area contributed by atoms with Crippen LogP contribution in [0.2, 0.25) is 5.15 Å². The summed E-state index contributed by atoms with van der Waals surface area (Å²) in [7, 11) is 0. The largest absolute Gasteiger partial charge is 0.321 e. The van der Waals surface area contributed by atoms with Crippen LogP contribution in [-0.2, 0) is 4.79 Å². The van der Waals surface area contributed by atoms with Gasteiger partial charge in [0.15, 0.2) is 0 Å². The van der Waals surface area contributed by atoms with Gasteiger partial charge in [0.25, 0.3) is 0 Å². The minimum Gasteiger partial charge on any atom is -0.321 e. The topological polar surface area (TPSA) is 42.0 Å². The molecule has 3 nitrogen and oxygen atoms in total. The normalized spacial score (nSPS) is 9.60. The Hall–Kier alpha value is -1.35. The van der Waals surface area contributed by atoms with E-state index in [0.717, 1.165) is 5.57 Å². The molecule has 0 aromatic carbocycles. The van der Waals surface area contributed by atoms with E-state index in [1.807, 2.05) is 13.8 Å². The lowest BCUT2D eigenvalue weighted by Crippen LogP contribution is -2.10. The molecule has 80 valence electrons. The zero-order chi connectivity index (χ0) is 11.4. The van der Waals surface area contributed by atoms with Crippen molar-refractivity contribution in [1.29, 1.82) is 0 Å². The maximum absolute atomic E-state index is 11.4. The van der Waals surface area contributed by atoms with Crippen molar-refractivity contribution in [3.8, 4) is 0 Å². The van der Waals surface area contributed by atoms with Crippen LogP contribution in [0, 0.1) is 6.92 Å². The fourth-order valence-electron chi connectivity index (χ4n) is 1.09. The Morgan fingerprint density at radius 1 is 1.47 bits per heavy atom. The Kier molecular flexibility index (Phi) is 3.86. The van der Waals surface area contributed by atoms with Crippen LogP contribution < -0.4 is 5.32 Å². The Labute approximate surface area is 94.2 Å². The molecule has 1 rings (SSSR count). The lowest BCUT2D eigenvalue weighted by atomic mass is 10.3. The van der Waals surface area contributed by atoms with Crippen LogP contribution in [-0.4, -0.2) is 10.9 Å². The molecule has 0 saturated carbocycles. The van der Waals surface area contributed by atoms with Crippen LogP contribution in [0.4, 0.5) is 5.69 Å². The molecule has 1 N–H and O–H groups in total. The second-order valence-electron chi connectivity index (χ2n) is 3.48. The van der Waals surface area contributed by atoms with Crippen LogP contribution >= 0.6 is 11.6 Å². The molecule has 0 aliphatic heterocycles. The van der Waals surface area contributed by atoms with E-state index in [-0.39, 0.29) is 5.91 Å². The highest BCUT2D eigenvalue weighted by Crippen LogP contribution is 2.15. The van der Waals surface area contributed by atoms with Gasteiger partial charge in [-0.05, 0) is 32.9 Å². The first-order chi connectivity index (χ1) is 6.99. The first-order valence-electron chi connectivity index (χ1n) is 4.58. The summed E-state index contributed by atoms with van der Waals surface area (Å²) in [5, 5.41) is 3.16. The summed E-state index contributed by atoms with van der Waals surface area (Å²) in [5.41, 5.74) is 2.34. The number of carbonyl (C=O) groups is 1. The number of amides is 1. The maximum atomic E-state index is 11.4. The number of pyridine rings is 1. The van der Waals surface area contributed by atoms with E-state index < -0.39 is 0 Å². The molecule has 4 heteroatoms. The first kappa shape index (κ1) is 11.7. The molecule has 15 heavy (non-hydrogen) atoms. The third-order valence-corrected chi connectivity index (χ3v) is 1.94. The van der Waals surface area contributed by atoms with E-state index in [1.54, 1.807) is 19.1 Å². The van der Waals surface area contributed by atoms with Gasteiger partial charge in [0.1, 0.15) is 5.15 Å². The van der Waals surface area contributed by atoms with Crippen molar-refractivity contribution in [2.75, 3.05) is 5.32 Å². The van der Waals surface area contributed by atoms with Crippen molar-refractivity contribution in [2.45, 2.75) is 20.8 Å². The van der Waals surface area contributed by atoms with Gasteiger partial charge in [-0.25, -0.2) is 4.98 Å². The lowest BCUT2D eigenvalue weighted by molar-refractivity contribution is -0.111. The molecule has 0 spiro atoms. The summed E-state index contributed by atoms with van der Waals surface area (Å²) in [6, 6.07) is 3.38. The van der Waals surface area contributed by atoms with Crippen molar-refractivity contribution in [3.63, 3.8) is 0 Å². The van der Waals surface area contributed by atoms with Crippen LogP contribution in [0.1, 0.15) is 19.5 Å².